The van der Waals surface area contributed by atoms with Gasteiger partial charge in [-0.15, -0.1) is 0 Å². The van der Waals surface area contributed by atoms with Gasteiger partial charge in [0.05, 0.1) is 10.0 Å². The Labute approximate surface area is 115 Å². The maximum atomic E-state index is 11.3. The molecule has 0 radical (unpaired) electrons. The van der Waals surface area contributed by atoms with Gasteiger partial charge in [-0.1, -0.05) is 0 Å². The number of fused-ring (bicyclic) bond motifs is 1. The van der Waals surface area contributed by atoms with Crippen LogP contribution in [0.25, 0.3) is 5.14 Å². The van der Waals surface area contributed by atoms with Gasteiger partial charge >= 0.3 is 35.5 Å². The van der Waals surface area contributed by atoms with E-state index >= 15 is 0 Å². The van der Waals surface area contributed by atoms with E-state index in [1.54, 1.807) is 13.0 Å². The third kappa shape index (κ3) is 2.38. The summed E-state index contributed by atoms with van der Waals surface area (Å²) in [4.78, 5) is 15.1. The molecule has 16 heavy (non-hydrogen) atoms. The molecule has 2 rings (SSSR count). The van der Waals surface area contributed by atoms with Gasteiger partial charge in [0.25, 0.3) is 0 Å². The molecule has 0 saturated carbocycles. The maximum Gasteiger partial charge on any atom is 1.00 e. The summed E-state index contributed by atoms with van der Waals surface area (Å²) in [6.45, 7) is 1.73. The molecule has 6 nitrogen and oxygen atoms in total. The summed E-state index contributed by atoms with van der Waals surface area (Å²) in [6.07, 6.45) is 1.64. The van der Waals surface area contributed by atoms with Crippen LogP contribution in [-0.2, 0) is 19.6 Å². The number of nitrogens with one attached hydrogen (secondary N) is 1. The zero-order chi connectivity index (χ0) is 11.2. The fourth-order valence-corrected chi connectivity index (χ4v) is 2.69. The molecule has 1 saturated heterocycles. The Morgan fingerprint density at radius 2 is 2.19 bits per heavy atom. The zero-order valence-corrected chi connectivity index (χ0v) is 11.7. The van der Waals surface area contributed by atoms with Crippen LogP contribution < -0.4 is 29.6 Å². The number of carbonyl (C=O) groups is 1. The van der Waals surface area contributed by atoms with Crippen LogP contribution in [0.4, 0.5) is 0 Å². The number of cyclic esters (lactones) is 1. The minimum Gasteiger partial charge on any atom is -0.562 e. The van der Waals surface area contributed by atoms with E-state index in [4.69, 9.17) is 9.88 Å². The van der Waals surface area contributed by atoms with E-state index in [1.807, 2.05) is 0 Å². The molecule has 0 bridgehead atoms. The van der Waals surface area contributed by atoms with Crippen LogP contribution in [0.5, 0.6) is 0 Å². The monoisotopic (exact) mass is 252 g/mol. The molecule has 0 aliphatic carbocycles. The van der Waals surface area contributed by atoms with Crippen LogP contribution in [0.3, 0.4) is 0 Å². The van der Waals surface area contributed by atoms with Crippen molar-refractivity contribution in [3.05, 3.63) is 16.8 Å². The minimum absolute atomic E-state index is 0. The number of nitrogens with zero attached hydrogens (tertiary/aromatic N) is 1. The molecule has 2 aliphatic heterocycles. The van der Waals surface area contributed by atoms with Crippen LogP contribution in [0.15, 0.2) is 16.6 Å². The third-order valence-corrected chi connectivity index (χ3v) is 3.38. The molecule has 0 aromatic carbocycles. The number of hydrogen-bond donors (Lipinski definition) is 0. The Hall–Kier alpha value is -0.210. The second kappa shape index (κ2) is 4.58. The second-order valence-electron chi connectivity index (χ2n) is 3.51. The first-order chi connectivity index (χ1) is 6.89. The topological polar surface area (TPSA) is 96.6 Å². The van der Waals surface area contributed by atoms with Crippen molar-refractivity contribution in [3.8, 4) is 0 Å². The van der Waals surface area contributed by atoms with Gasteiger partial charge in [-0.3, -0.25) is 9.79 Å². The molecule has 2 heterocycles. The second-order valence-corrected chi connectivity index (χ2v) is 5.08. The number of aliphatic imine (C=N–C) groups is 1. The molecule has 0 amide bonds. The fraction of sp³-hybridized carbons (Fsp3) is 0.500. The molecule has 8 heteroatoms. The van der Waals surface area contributed by atoms with Crippen LogP contribution in [0, 0.1) is 5.92 Å². The average Bonchev–Trinajstić information content (AvgIpc) is 2.44. The summed E-state index contributed by atoms with van der Waals surface area (Å²) in [7, 11) is -4.13. The number of ether oxygens (including phenoxy) is 1. The van der Waals surface area contributed by atoms with E-state index < -0.39 is 27.3 Å². The summed E-state index contributed by atoms with van der Waals surface area (Å²) in [5, 5.41) is 5.65. The number of hydrogen-bond acceptors (Lipinski definition) is 5. The molecule has 82 valence electrons. The number of esters is 1. The quantitative estimate of drug-likeness (QED) is 0.374. The average molecular weight is 252 g/mol. The van der Waals surface area contributed by atoms with Gasteiger partial charge in [-0.2, -0.15) is 0 Å². The van der Waals surface area contributed by atoms with Crippen molar-refractivity contribution in [1.29, 1.82) is 0 Å². The SMILES string of the molecule is CC1=NC(S([NH-])(=O)=O)C2C(=O)OCC2=C1.[Na+]. The van der Waals surface area contributed by atoms with Crippen LogP contribution >= 0.6 is 0 Å². The van der Waals surface area contributed by atoms with Crippen LogP contribution in [0.1, 0.15) is 6.92 Å². The van der Waals surface area contributed by atoms with E-state index in [2.05, 4.69) is 4.99 Å². The van der Waals surface area contributed by atoms with E-state index in [0.29, 0.717) is 11.3 Å². The van der Waals surface area contributed by atoms with E-state index in [1.165, 1.54) is 0 Å². The first kappa shape index (κ1) is 13.9. The first-order valence-electron chi connectivity index (χ1n) is 4.29. The Kier molecular flexibility index (Phi) is 3.96. The van der Waals surface area contributed by atoms with Crippen molar-refractivity contribution in [2.24, 2.45) is 10.9 Å². The molecule has 2 aliphatic rings. The molecule has 2 atom stereocenters. The molecule has 0 aromatic rings. The number of dihydropyridines is 1. The zero-order valence-electron chi connectivity index (χ0n) is 8.93. The summed E-state index contributed by atoms with van der Waals surface area (Å²) in [5.41, 5.74) is 1.09. The first-order valence-corrected chi connectivity index (χ1v) is 5.84. The molecule has 1 N–H and O–H groups in total. The van der Waals surface area contributed by atoms with Gasteiger partial charge in [0, 0.05) is 5.71 Å². The Morgan fingerprint density at radius 3 is 2.75 bits per heavy atom. The van der Waals surface area contributed by atoms with Gasteiger partial charge in [0.15, 0.2) is 5.37 Å². The van der Waals surface area contributed by atoms with Gasteiger partial charge in [-0.05, 0) is 18.6 Å². The maximum absolute atomic E-state index is 11.3. The van der Waals surface area contributed by atoms with Crippen molar-refractivity contribution in [2.75, 3.05) is 6.61 Å². The minimum atomic E-state index is -4.13. The number of rotatable bonds is 1. The largest absolute Gasteiger partial charge is 1.00 e. The van der Waals surface area contributed by atoms with E-state index in [-0.39, 0.29) is 36.2 Å². The normalized spacial score (nSPS) is 28.5. The van der Waals surface area contributed by atoms with Gasteiger partial charge in [0.1, 0.15) is 12.5 Å². The van der Waals surface area contributed by atoms with E-state index in [9.17, 15) is 13.2 Å². The van der Waals surface area contributed by atoms with Crippen molar-refractivity contribution in [3.63, 3.8) is 0 Å². The molecule has 2 unspecified atom stereocenters. The van der Waals surface area contributed by atoms with Gasteiger partial charge < -0.3 is 9.88 Å². The fourth-order valence-electron chi connectivity index (χ4n) is 1.75. The molecular weight excluding hydrogens is 243 g/mol. The van der Waals surface area contributed by atoms with Gasteiger partial charge in [-0.25, -0.2) is 8.42 Å². The number of carbonyl (C=O) groups excluding carboxylic acids is 1. The summed E-state index contributed by atoms with van der Waals surface area (Å²) >= 11 is 0. The molecular formula is C8H9N2NaO4S. The number of allylic oxidation sites excluding steroid dienone is 1. The summed E-state index contributed by atoms with van der Waals surface area (Å²) in [6, 6.07) is 0. The van der Waals surface area contributed by atoms with Crippen molar-refractivity contribution < 1.29 is 47.5 Å². The van der Waals surface area contributed by atoms with Crippen LogP contribution in [0.2, 0.25) is 0 Å². The van der Waals surface area contributed by atoms with Gasteiger partial charge in [0.2, 0.25) is 0 Å². The van der Waals surface area contributed by atoms with Crippen molar-refractivity contribution in [2.45, 2.75) is 12.3 Å². The van der Waals surface area contributed by atoms with Crippen LogP contribution in [-0.4, -0.2) is 32.1 Å². The Morgan fingerprint density at radius 1 is 1.56 bits per heavy atom. The van der Waals surface area contributed by atoms with E-state index in [0.717, 1.165) is 0 Å². The molecule has 0 aromatic heterocycles. The van der Waals surface area contributed by atoms with Crippen molar-refractivity contribution in [1.82, 2.24) is 0 Å². The number of sulfonamides is 1. The van der Waals surface area contributed by atoms with Crippen molar-refractivity contribution >= 4 is 21.7 Å². The standard InChI is InChI=1S/C8H9N2O4S.Na/c1-4-2-5-3-14-8(11)6(5)7(10-4)15(9,12)13;/h2,6-7H,3H2,1H3,(H-,9,12,13);/q-1;+1. The Bertz CT molecular complexity index is 482. The predicted molar refractivity (Wildman–Crippen MR) is 52.7 cm³/mol. The molecule has 0 spiro atoms. The Balaban J connectivity index is 0.00000128. The molecule has 1 fully saturated rings. The third-order valence-electron chi connectivity index (χ3n) is 2.36. The summed E-state index contributed by atoms with van der Waals surface area (Å²) in [5.74, 6) is -1.53. The predicted octanol–water partition coefficient (Wildman–Crippen LogP) is -2.73. The summed E-state index contributed by atoms with van der Waals surface area (Å²) < 4.78 is 27.0. The smallest absolute Gasteiger partial charge is 0.562 e.